The summed E-state index contributed by atoms with van der Waals surface area (Å²) < 4.78 is 1.49. The summed E-state index contributed by atoms with van der Waals surface area (Å²) in [5, 5.41) is 17.3. The van der Waals surface area contributed by atoms with Gasteiger partial charge in [0.05, 0.1) is 0 Å². The van der Waals surface area contributed by atoms with E-state index in [2.05, 4.69) is 10.3 Å². The zero-order valence-corrected chi connectivity index (χ0v) is 10.2. The van der Waals surface area contributed by atoms with Crippen molar-refractivity contribution in [3.05, 3.63) is 11.4 Å². The summed E-state index contributed by atoms with van der Waals surface area (Å²) in [5.41, 5.74) is 0.987. The molecule has 0 atom stereocenters. The Hall–Kier alpha value is -1.39. The smallest absolute Gasteiger partial charge is 0.356 e. The summed E-state index contributed by atoms with van der Waals surface area (Å²) >= 11 is 0. The number of aromatic nitrogens is 3. The van der Waals surface area contributed by atoms with Crippen molar-refractivity contribution in [2.45, 2.75) is 57.9 Å². The quantitative estimate of drug-likeness (QED) is 0.820. The van der Waals surface area contributed by atoms with Crippen molar-refractivity contribution >= 4 is 5.97 Å². The summed E-state index contributed by atoms with van der Waals surface area (Å²) in [6.45, 7) is 2.44. The van der Waals surface area contributed by atoms with Gasteiger partial charge in [0.25, 0.3) is 0 Å². The fourth-order valence-corrected chi connectivity index (χ4v) is 2.60. The van der Waals surface area contributed by atoms with E-state index >= 15 is 0 Å². The fraction of sp³-hybridized carbons (Fsp3) is 0.750. The highest BCUT2D eigenvalue weighted by molar-refractivity contribution is 5.87. The third-order valence-electron chi connectivity index (χ3n) is 3.51. The minimum atomic E-state index is -0.906. The monoisotopic (exact) mass is 237 g/mol. The number of carbonyl (C=O) groups is 1. The standard InChI is InChI=1S/C12H19N3O2/c1-2-15-11(12(16)17)10(13-14-15)9-7-5-3-4-6-8-9/h9H,2-8H2,1H3,(H,16,17). The van der Waals surface area contributed by atoms with Crippen LogP contribution in [0.2, 0.25) is 0 Å². The Kier molecular flexibility index (Phi) is 3.76. The summed E-state index contributed by atoms with van der Waals surface area (Å²) in [6, 6.07) is 0. The predicted molar refractivity (Wildman–Crippen MR) is 63.1 cm³/mol. The normalized spacial score (nSPS) is 17.9. The molecule has 1 fully saturated rings. The lowest BCUT2D eigenvalue weighted by atomic mass is 9.95. The van der Waals surface area contributed by atoms with Crippen LogP contribution in [0.5, 0.6) is 0 Å². The second kappa shape index (κ2) is 5.29. The van der Waals surface area contributed by atoms with E-state index in [0.717, 1.165) is 12.8 Å². The third-order valence-corrected chi connectivity index (χ3v) is 3.51. The maximum atomic E-state index is 11.3. The molecule has 0 saturated heterocycles. The molecule has 0 amide bonds. The van der Waals surface area contributed by atoms with E-state index < -0.39 is 5.97 Å². The number of nitrogens with zero attached hydrogens (tertiary/aromatic N) is 3. The van der Waals surface area contributed by atoms with E-state index in [-0.39, 0.29) is 5.92 Å². The molecule has 0 spiro atoms. The van der Waals surface area contributed by atoms with Crippen LogP contribution in [-0.4, -0.2) is 26.1 Å². The summed E-state index contributed by atoms with van der Waals surface area (Å²) in [4.78, 5) is 11.3. The van der Waals surface area contributed by atoms with E-state index in [0.29, 0.717) is 17.9 Å². The molecule has 5 heteroatoms. The van der Waals surface area contributed by atoms with Crippen molar-refractivity contribution in [2.24, 2.45) is 0 Å². The summed E-state index contributed by atoms with van der Waals surface area (Å²) in [6.07, 6.45) is 6.93. The van der Waals surface area contributed by atoms with Crippen molar-refractivity contribution in [1.82, 2.24) is 15.0 Å². The second-order valence-electron chi connectivity index (χ2n) is 4.63. The number of rotatable bonds is 3. The van der Waals surface area contributed by atoms with Crippen molar-refractivity contribution < 1.29 is 9.90 Å². The molecule has 2 rings (SSSR count). The van der Waals surface area contributed by atoms with Crippen LogP contribution in [0.1, 0.15) is 67.5 Å². The molecule has 0 bridgehead atoms. The number of aromatic carboxylic acids is 1. The molecule has 94 valence electrons. The lowest BCUT2D eigenvalue weighted by Crippen LogP contribution is -2.12. The molecule has 1 N–H and O–H groups in total. The Balaban J connectivity index is 2.30. The maximum absolute atomic E-state index is 11.3. The van der Waals surface area contributed by atoms with Gasteiger partial charge in [-0.1, -0.05) is 30.9 Å². The fourth-order valence-electron chi connectivity index (χ4n) is 2.60. The Bertz CT molecular complexity index is 392. The number of carboxylic acid groups (broad SMARTS) is 1. The van der Waals surface area contributed by atoms with Crippen molar-refractivity contribution in [2.75, 3.05) is 0 Å². The van der Waals surface area contributed by atoms with Crippen LogP contribution in [0.25, 0.3) is 0 Å². The molecule has 1 heterocycles. The number of aryl methyl sites for hydroxylation is 1. The molecule has 0 aliphatic heterocycles. The van der Waals surface area contributed by atoms with E-state index in [4.69, 9.17) is 0 Å². The number of hydrogen-bond acceptors (Lipinski definition) is 3. The Morgan fingerprint density at radius 1 is 1.35 bits per heavy atom. The third kappa shape index (κ3) is 2.48. The second-order valence-corrected chi connectivity index (χ2v) is 4.63. The molecule has 0 unspecified atom stereocenters. The zero-order chi connectivity index (χ0) is 12.3. The highest BCUT2D eigenvalue weighted by Crippen LogP contribution is 2.32. The van der Waals surface area contributed by atoms with Gasteiger partial charge in [0.15, 0.2) is 5.69 Å². The van der Waals surface area contributed by atoms with E-state index in [1.807, 2.05) is 6.92 Å². The molecular formula is C12H19N3O2. The van der Waals surface area contributed by atoms with Gasteiger partial charge in [-0.25, -0.2) is 9.48 Å². The molecule has 0 radical (unpaired) electrons. The van der Waals surface area contributed by atoms with Gasteiger partial charge in [0.2, 0.25) is 0 Å². The predicted octanol–water partition coefficient (Wildman–Crippen LogP) is 2.43. The number of hydrogen-bond donors (Lipinski definition) is 1. The van der Waals surface area contributed by atoms with Crippen LogP contribution >= 0.6 is 0 Å². The Morgan fingerprint density at radius 3 is 2.53 bits per heavy atom. The first-order chi connectivity index (χ1) is 8.24. The van der Waals surface area contributed by atoms with Crippen LogP contribution in [0, 0.1) is 0 Å². The molecule has 1 aromatic rings. The van der Waals surface area contributed by atoms with Crippen molar-refractivity contribution in [3.63, 3.8) is 0 Å². The Morgan fingerprint density at radius 2 is 2.00 bits per heavy atom. The van der Waals surface area contributed by atoms with Gasteiger partial charge >= 0.3 is 5.97 Å². The lowest BCUT2D eigenvalue weighted by molar-refractivity contribution is 0.0681. The highest BCUT2D eigenvalue weighted by Gasteiger charge is 2.26. The van der Waals surface area contributed by atoms with Gasteiger partial charge in [-0.2, -0.15) is 0 Å². The zero-order valence-electron chi connectivity index (χ0n) is 10.2. The van der Waals surface area contributed by atoms with Crippen LogP contribution in [0.3, 0.4) is 0 Å². The van der Waals surface area contributed by atoms with E-state index in [1.165, 1.54) is 30.4 Å². The first-order valence-electron chi connectivity index (χ1n) is 6.40. The molecular weight excluding hydrogens is 218 g/mol. The van der Waals surface area contributed by atoms with Gasteiger partial charge in [-0.15, -0.1) is 5.10 Å². The molecule has 1 aromatic heterocycles. The van der Waals surface area contributed by atoms with Crippen molar-refractivity contribution in [3.8, 4) is 0 Å². The van der Waals surface area contributed by atoms with Crippen LogP contribution in [-0.2, 0) is 6.54 Å². The summed E-state index contributed by atoms with van der Waals surface area (Å²) in [5.74, 6) is -0.625. The lowest BCUT2D eigenvalue weighted by Gasteiger charge is -2.11. The molecule has 5 nitrogen and oxygen atoms in total. The van der Waals surface area contributed by atoms with E-state index in [9.17, 15) is 9.90 Å². The molecule has 1 saturated carbocycles. The van der Waals surface area contributed by atoms with Gasteiger partial charge in [0.1, 0.15) is 5.69 Å². The average molecular weight is 237 g/mol. The van der Waals surface area contributed by atoms with Gasteiger partial charge in [-0.3, -0.25) is 0 Å². The largest absolute Gasteiger partial charge is 0.476 e. The van der Waals surface area contributed by atoms with Gasteiger partial charge < -0.3 is 5.11 Å². The van der Waals surface area contributed by atoms with Crippen molar-refractivity contribution in [1.29, 1.82) is 0 Å². The first-order valence-corrected chi connectivity index (χ1v) is 6.40. The highest BCUT2D eigenvalue weighted by atomic mass is 16.4. The van der Waals surface area contributed by atoms with Crippen LogP contribution in [0.15, 0.2) is 0 Å². The topological polar surface area (TPSA) is 68.0 Å². The minimum absolute atomic E-state index is 0.281. The van der Waals surface area contributed by atoms with E-state index in [1.54, 1.807) is 0 Å². The first kappa shape index (κ1) is 12.1. The molecule has 0 aromatic carbocycles. The molecule has 1 aliphatic carbocycles. The Labute approximate surface area is 101 Å². The average Bonchev–Trinajstić information content (AvgIpc) is 2.56. The maximum Gasteiger partial charge on any atom is 0.356 e. The minimum Gasteiger partial charge on any atom is -0.476 e. The molecule has 1 aliphatic rings. The van der Waals surface area contributed by atoms with Gasteiger partial charge in [0, 0.05) is 12.5 Å². The summed E-state index contributed by atoms with van der Waals surface area (Å²) in [7, 11) is 0. The van der Waals surface area contributed by atoms with Crippen LogP contribution < -0.4 is 0 Å². The SMILES string of the molecule is CCn1nnc(C2CCCCCC2)c1C(=O)O. The van der Waals surface area contributed by atoms with Crippen LogP contribution in [0.4, 0.5) is 0 Å². The molecule has 17 heavy (non-hydrogen) atoms. The number of carboxylic acids is 1. The van der Waals surface area contributed by atoms with Gasteiger partial charge in [-0.05, 0) is 19.8 Å².